The Morgan fingerprint density at radius 1 is 0.429 bits per heavy atom. The molecule has 0 fully saturated rings. The van der Waals surface area contributed by atoms with Gasteiger partial charge in [0.1, 0.15) is 0 Å². The molecule has 0 aromatic rings. The molecule has 0 aliphatic rings. The average Bonchev–Trinajstić information content (AvgIpc) is 0. The van der Waals surface area contributed by atoms with Gasteiger partial charge in [0.25, 0.3) is 0 Å². The Morgan fingerprint density at radius 3 is 0.429 bits per heavy atom. The molecule has 0 saturated heterocycles. The summed E-state index contributed by atoms with van der Waals surface area (Å²) in [5.41, 5.74) is 0. The summed E-state index contributed by atoms with van der Waals surface area (Å²) in [5, 5.41) is 0. The van der Waals surface area contributed by atoms with Gasteiger partial charge < -0.3 is 23.5 Å². The molecule has 0 unspecified atom stereocenters. The Bertz CT molecular complexity index is 8.04. The molecule has 7 heteroatoms. The van der Waals surface area contributed by atoms with Gasteiger partial charge >= 0.3 is 78.6 Å². The van der Waals surface area contributed by atoms with E-state index in [1.165, 1.54) is 0 Å². The molecule has 41 valence electrons. The summed E-state index contributed by atoms with van der Waals surface area (Å²) in [6.45, 7) is 0. The summed E-state index contributed by atoms with van der Waals surface area (Å²) in [4.78, 5) is 0. The first-order valence-electron chi connectivity index (χ1n) is 0. The second kappa shape index (κ2) is 85.2. The van der Waals surface area contributed by atoms with E-state index in [2.05, 4.69) is 0 Å². The SMILES string of the molecule is [Ca+2].[F-].[F-].[F-].[F-].[F-].[Nd+3]. The zero-order chi connectivity index (χ0) is 0. The van der Waals surface area contributed by atoms with E-state index in [-0.39, 0.29) is 102 Å². The first kappa shape index (κ1) is 124. The number of halogens is 5. The summed E-state index contributed by atoms with van der Waals surface area (Å²) in [6, 6.07) is 0. The summed E-state index contributed by atoms with van der Waals surface area (Å²) in [7, 11) is 0. The standard InChI is InChI=1S/Ca.5FH.Nd/h;5*1H;/q+2;;;;;;+3/p-5. The molecule has 0 spiro atoms. The monoisotopic (exact) mass is 277 g/mol. The van der Waals surface area contributed by atoms with Crippen molar-refractivity contribution in [1.82, 2.24) is 0 Å². The fourth-order valence-electron chi connectivity index (χ4n) is 0. The Hall–Kier alpha value is 2.26. The van der Waals surface area contributed by atoms with Gasteiger partial charge in [0.2, 0.25) is 0 Å². The van der Waals surface area contributed by atoms with Crippen LogP contribution in [-0.4, -0.2) is 37.7 Å². The number of hydrogen-bond acceptors (Lipinski definition) is 0. The first-order chi connectivity index (χ1) is 0. The van der Waals surface area contributed by atoms with Crippen molar-refractivity contribution in [3.05, 3.63) is 0 Å². The van der Waals surface area contributed by atoms with Crippen molar-refractivity contribution >= 4 is 37.7 Å². The minimum absolute atomic E-state index is 0. The Kier molecular flexibility index (Phi) is 1510. The molecule has 0 rings (SSSR count). The van der Waals surface area contributed by atoms with E-state index in [9.17, 15) is 0 Å². The second-order valence-electron chi connectivity index (χ2n) is 0. The fraction of sp³-hybridized carbons (Fsp3) is 0. The van der Waals surface area contributed by atoms with Crippen molar-refractivity contribution in [2.75, 3.05) is 0 Å². The van der Waals surface area contributed by atoms with E-state index in [0.717, 1.165) is 0 Å². The van der Waals surface area contributed by atoms with Crippen LogP contribution in [0.4, 0.5) is 0 Å². The quantitative estimate of drug-likeness (QED) is 0.305. The van der Waals surface area contributed by atoms with Crippen LogP contribution in [0.25, 0.3) is 0 Å². The Morgan fingerprint density at radius 2 is 0.429 bits per heavy atom. The maximum Gasteiger partial charge on any atom is 3.00 e. The summed E-state index contributed by atoms with van der Waals surface area (Å²) in [5.74, 6) is 0. The molecular formula is CaF5Nd. The van der Waals surface area contributed by atoms with Gasteiger partial charge in [-0.2, -0.15) is 0 Å². The topological polar surface area (TPSA) is 0 Å². The van der Waals surface area contributed by atoms with Gasteiger partial charge in [-0.1, -0.05) is 0 Å². The van der Waals surface area contributed by atoms with Crippen molar-refractivity contribution in [2.45, 2.75) is 0 Å². The van der Waals surface area contributed by atoms with Crippen molar-refractivity contribution in [2.24, 2.45) is 0 Å². The third-order valence-electron chi connectivity index (χ3n) is 0. The molecular weight excluding hydrogens is 279 g/mol. The smallest absolute Gasteiger partial charge is 1.00 e. The average molecular weight is 279 g/mol. The van der Waals surface area contributed by atoms with Crippen LogP contribution in [0, 0.1) is 40.8 Å². The summed E-state index contributed by atoms with van der Waals surface area (Å²) < 4.78 is 0. The van der Waals surface area contributed by atoms with Crippen molar-refractivity contribution in [1.29, 1.82) is 0 Å². The Labute approximate surface area is 100 Å². The van der Waals surface area contributed by atoms with Crippen molar-refractivity contribution < 1.29 is 64.4 Å². The number of rotatable bonds is 0. The molecule has 0 aliphatic heterocycles. The van der Waals surface area contributed by atoms with Gasteiger partial charge in [0, 0.05) is 0 Å². The van der Waals surface area contributed by atoms with Crippen LogP contribution < -0.4 is 23.5 Å². The molecule has 0 nitrogen and oxygen atoms in total. The predicted octanol–water partition coefficient (Wildman–Crippen LogP) is -15.4. The van der Waals surface area contributed by atoms with Crippen LogP contribution in [0.3, 0.4) is 0 Å². The normalized spacial score (nSPS) is 0. The van der Waals surface area contributed by atoms with Gasteiger partial charge in [0.15, 0.2) is 0 Å². The van der Waals surface area contributed by atoms with E-state index in [4.69, 9.17) is 0 Å². The van der Waals surface area contributed by atoms with Crippen molar-refractivity contribution in [3.63, 3.8) is 0 Å². The molecule has 0 amide bonds. The molecule has 1 radical (unpaired) electrons. The third-order valence-corrected chi connectivity index (χ3v) is 0. The molecule has 0 atom stereocenters. The van der Waals surface area contributed by atoms with Crippen molar-refractivity contribution in [3.8, 4) is 0 Å². The molecule has 0 heterocycles. The van der Waals surface area contributed by atoms with Crippen LogP contribution in [0.15, 0.2) is 0 Å². The van der Waals surface area contributed by atoms with Gasteiger partial charge in [-0.3, -0.25) is 0 Å². The molecule has 0 N–H and O–H groups in total. The largest absolute Gasteiger partial charge is 3.00 e. The zero-order valence-electron chi connectivity index (χ0n) is 3.10. The van der Waals surface area contributed by atoms with Gasteiger partial charge in [-0.25, -0.2) is 0 Å². The molecule has 0 saturated carbocycles. The van der Waals surface area contributed by atoms with E-state index in [1.54, 1.807) is 0 Å². The second-order valence-corrected chi connectivity index (χ2v) is 0. The predicted molar refractivity (Wildman–Crippen MR) is 5.75 cm³/mol. The van der Waals surface area contributed by atoms with Crippen LogP contribution in [0.5, 0.6) is 0 Å². The summed E-state index contributed by atoms with van der Waals surface area (Å²) >= 11 is 0. The zero-order valence-corrected chi connectivity index (χ0v) is 8.51. The van der Waals surface area contributed by atoms with Crippen LogP contribution in [0.1, 0.15) is 0 Å². The summed E-state index contributed by atoms with van der Waals surface area (Å²) in [6.07, 6.45) is 0. The Balaban J connectivity index is 0. The van der Waals surface area contributed by atoms with Crippen LogP contribution >= 0.6 is 0 Å². The molecule has 0 aliphatic carbocycles. The van der Waals surface area contributed by atoms with Crippen LogP contribution in [0.2, 0.25) is 0 Å². The molecule has 0 aromatic carbocycles. The third kappa shape index (κ3) is 63.4. The maximum atomic E-state index is 0. The van der Waals surface area contributed by atoms with Gasteiger partial charge in [0.05, 0.1) is 0 Å². The van der Waals surface area contributed by atoms with E-state index >= 15 is 0 Å². The van der Waals surface area contributed by atoms with E-state index in [1.807, 2.05) is 0 Å². The first-order valence-corrected chi connectivity index (χ1v) is 0. The van der Waals surface area contributed by atoms with Gasteiger partial charge in [-0.05, 0) is 0 Å². The van der Waals surface area contributed by atoms with E-state index < -0.39 is 0 Å². The molecule has 0 aromatic heterocycles. The fourth-order valence-corrected chi connectivity index (χ4v) is 0. The van der Waals surface area contributed by atoms with Gasteiger partial charge in [-0.15, -0.1) is 0 Å². The van der Waals surface area contributed by atoms with E-state index in [0.29, 0.717) is 0 Å². The maximum absolute atomic E-state index is 0. The molecule has 0 bridgehead atoms. The number of hydrogen-bond donors (Lipinski definition) is 0. The van der Waals surface area contributed by atoms with Crippen LogP contribution in [-0.2, 0) is 0 Å². The molecule has 7 heavy (non-hydrogen) atoms. The minimum atomic E-state index is 0. The minimum Gasteiger partial charge on any atom is -1.00 e.